The monoisotopic (exact) mass is 218 g/mol. The quantitative estimate of drug-likeness (QED) is 0.544. The van der Waals surface area contributed by atoms with E-state index in [0.717, 1.165) is 12.8 Å². The molecule has 0 N–H and O–H groups in total. The Balaban J connectivity index is 2.72. The number of hydrogen-bond donors (Lipinski definition) is 0. The summed E-state index contributed by atoms with van der Waals surface area (Å²) < 4.78 is 29.2. The van der Waals surface area contributed by atoms with Crippen LogP contribution in [0, 0.1) is 0 Å². The van der Waals surface area contributed by atoms with Gasteiger partial charge in [0.05, 0.1) is 6.61 Å². The molecule has 1 rings (SSSR count). The van der Waals surface area contributed by atoms with Crippen LogP contribution in [0.25, 0.3) is 0 Å². The zero-order valence-corrected chi connectivity index (χ0v) is 9.12. The Bertz CT molecular complexity index is 383. The maximum atomic E-state index is 11.5. The number of aromatic nitrogens is 2. The van der Waals surface area contributed by atoms with Crippen molar-refractivity contribution in [3.05, 3.63) is 12.4 Å². The van der Waals surface area contributed by atoms with E-state index in [1.165, 1.54) is 10.8 Å². The molecule has 0 amide bonds. The largest absolute Gasteiger partial charge is 0.331 e. The first-order valence-corrected chi connectivity index (χ1v) is 5.85. The lowest BCUT2D eigenvalue weighted by molar-refractivity contribution is 0.306. The van der Waals surface area contributed by atoms with E-state index in [-0.39, 0.29) is 11.8 Å². The lowest BCUT2D eigenvalue weighted by Gasteiger charge is -2.03. The second kappa shape index (κ2) is 4.56. The molecule has 0 spiro atoms. The Morgan fingerprint density at radius 3 is 2.79 bits per heavy atom. The fraction of sp³-hybridized carbons (Fsp3) is 0.625. The average Bonchev–Trinajstić information content (AvgIpc) is 2.52. The fourth-order valence-electron chi connectivity index (χ4n) is 0.959. The molecule has 0 radical (unpaired) electrons. The highest BCUT2D eigenvalue weighted by molar-refractivity contribution is 7.86. The number of unbranched alkanes of at least 4 members (excludes halogenated alkanes) is 1. The van der Waals surface area contributed by atoms with Crippen molar-refractivity contribution < 1.29 is 12.6 Å². The molecule has 0 fully saturated rings. The van der Waals surface area contributed by atoms with Crippen molar-refractivity contribution in [3.8, 4) is 0 Å². The first-order valence-electron chi connectivity index (χ1n) is 4.44. The molecule has 0 bridgehead atoms. The lowest BCUT2D eigenvalue weighted by Crippen LogP contribution is -2.12. The van der Waals surface area contributed by atoms with Crippen LogP contribution in [0.3, 0.4) is 0 Å². The second-order valence-corrected chi connectivity index (χ2v) is 4.46. The number of hydrogen-bond acceptors (Lipinski definition) is 4. The number of aryl methyl sites for hydroxylation is 1. The average molecular weight is 218 g/mol. The van der Waals surface area contributed by atoms with E-state index in [9.17, 15) is 8.42 Å². The minimum Gasteiger partial charge on any atom is -0.323 e. The summed E-state index contributed by atoms with van der Waals surface area (Å²) in [6.45, 7) is 2.18. The Morgan fingerprint density at radius 2 is 2.29 bits per heavy atom. The molecule has 80 valence electrons. The van der Waals surface area contributed by atoms with E-state index in [2.05, 4.69) is 4.98 Å². The van der Waals surface area contributed by atoms with Crippen molar-refractivity contribution >= 4 is 10.1 Å². The standard InChI is InChI=1S/C8H14N2O3S/c1-3-4-7-13-14(11,12)8-9-5-6-10(8)2/h5-6H,3-4,7H2,1-2H3. The Hall–Kier alpha value is -0.880. The Morgan fingerprint density at radius 1 is 1.57 bits per heavy atom. The Labute approximate surface area is 83.8 Å². The van der Waals surface area contributed by atoms with Gasteiger partial charge in [0.2, 0.25) is 0 Å². The van der Waals surface area contributed by atoms with Crippen LogP contribution < -0.4 is 0 Å². The van der Waals surface area contributed by atoms with Gasteiger partial charge < -0.3 is 4.57 Å². The summed E-state index contributed by atoms with van der Waals surface area (Å²) in [5.41, 5.74) is 0. The molecule has 6 heteroatoms. The number of nitrogens with zero attached hydrogens (tertiary/aromatic N) is 2. The highest BCUT2D eigenvalue weighted by atomic mass is 32.2. The van der Waals surface area contributed by atoms with Crippen LogP contribution in [-0.4, -0.2) is 24.6 Å². The van der Waals surface area contributed by atoms with Crippen molar-refractivity contribution in [2.75, 3.05) is 6.61 Å². The van der Waals surface area contributed by atoms with Crippen molar-refractivity contribution in [1.29, 1.82) is 0 Å². The molecular formula is C8H14N2O3S. The van der Waals surface area contributed by atoms with Gasteiger partial charge in [-0.3, -0.25) is 4.18 Å². The van der Waals surface area contributed by atoms with Gasteiger partial charge in [0.15, 0.2) is 0 Å². The van der Waals surface area contributed by atoms with Crippen molar-refractivity contribution in [2.24, 2.45) is 7.05 Å². The molecule has 0 aliphatic rings. The second-order valence-electron chi connectivity index (χ2n) is 2.95. The van der Waals surface area contributed by atoms with E-state index >= 15 is 0 Å². The fourth-order valence-corrected chi connectivity index (χ4v) is 2.00. The maximum Gasteiger partial charge on any atom is 0.331 e. The molecule has 5 nitrogen and oxygen atoms in total. The van der Waals surface area contributed by atoms with Gasteiger partial charge in [-0.15, -0.1) is 0 Å². The number of rotatable bonds is 5. The molecule has 0 saturated heterocycles. The molecule has 0 saturated carbocycles. The van der Waals surface area contributed by atoms with Crippen LogP contribution in [0.2, 0.25) is 0 Å². The van der Waals surface area contributed by atoms with Crippen LogP contribution >= 0.6 is 0 Å². The van der Waals surface area contributed by atoms with Crippen LogP contribution in [-0.2, 0) is 21.3 Å². The Kier molecular flexibility index (Phi) is 3.65. The summed E-state index contributed by atoms with van der Waals surface area (Å²) in [6, 6.07) is 0. The van der Waals surface area contributed by atoms with E-state index in [0.29, 0.717) is 0 Å². The summed E-state index contributed by atoms with van der Waals surface area (Å²) in [5, 5.41) is -0.0476. The zero-order valence-electron chi connectivity index (χ0n) is 8.30. The van der Waals surface area contributed by atoms with Crippen LogP contribution in [0.4, 0.5) is 0 Å². The van der Waals surface area contributed by atoms with Crippen LogP contribution in [0.1, 0.15) is 19.8 Å². The maximum absolute atomic E-state index is 11.5. The molecule has 0 aliphatic heterocycles. The van der Waals surface area contributed by atoms with E-state index in [4.69, 9.17) is 4.18 Å². The molecule has 0 atom stereocenters. The molecule has 1 heterocycles. The van der Waals surface area contributed by atoms with Crippen LogP contribution in [0.15, 0.2) is 17.6 Å². The predicted molar refractivity (Wildman–Crippen MR) is 51.3 cm³/mol. The topological polar surface area (TPSA) is 61.2 Å². The highest BCUT2D eigenvalue weighted by Crippen LogP contribution is 2.08. The van der Waals surface area contributed by atoms with Crippen molar-refractivity contribution in [2.45, 2.75) is 24.9 Å². The number of imidazole rings is 1. The van der Waals surface area contributed by atoms with Gasteiger partial charge in [-0.2, -0.15) is 8.42 Å². The smallest absolute Gasteiger partial charge is 0.323 e. The third-order valence-electron chi connectivity index (χ3n) is 1.74. The van der Waals surface area contributed by atoms with Gasteiger partial charge in [0.25, 0.3) is 5.16 Å². The summed E-state index contributed by atoms with van der Waals surface area (Å²) in [5.74, 6) is 0. The third kappa shape index (κ3) is 2.55. The van der Waals surface area contributed by atoms with Gasteiger partial charge >= 0.3 is 10.1 Å². The molecule has 0 aromatic carbocycles. The van der Waals surface area contributed by atoms with Gasteiger partial charge in [0, 0.05) is 19.4 Å². The predicted octanol–water partition coefficient (Wildman–Crippen LogP) is 0.926. The lowest BCUT2D eigenvalue weighted by atomic mass is 10.4. The van der Waals surface area contributed by atoms with E-state index in [1.807, 2.05) is 6.92 Å². The van der Waals surface area contributed by atoms with Crippen molar-refractivity contribution in [1.82, 2.24) is 9.55 Å². The molecule has 0 unspecified atom stereocenters. The van der Waals surface area contributed by atoms with Gasteiger partial charge in [0.1, 0.15) is 0 Å². The van der Waals surface area contributed by atoms with E-state index < -0.39 is 10.1 Å². The minimum atomic E-state index is -3.67. The first-order chi connectivity index (χ1) is 6.58. The van der Waals surface area contributed by atoms with Crippen LogP contribution in [0.5, 0.6) is 0 Å². The minimum absolute atomic E-state index is 0.0476. The highest BCUT2D eigenvalue weighted by Gasteiger charge is 2.19. The molecule has 0 aliphatic carbocycles. The van der Waals surface area contributed by atoms with E-state index in [1.54, 1.807) is 13.2 Å². The SMILES string of the molecule is CCCCOS(=O)(=O)c1nccn1C. The summed E-state index contributed by atoms with van der Waals surface area (Å²) >= 11 is 0. The van der Waals surface area contributed by atoms with Gasteiger partial charge in [-0.25, -0.2) is 4.98 Å². The molecule has 1 aromatic rings. The normalized spacial score (nSPS) is 11.9. The zero-order chi connectivity index (χ0) is 10.6. The third-order valence-corrected chi connectivity index (χ3v) is 3.05. The molecule has 14 heavy (non-hydrogen) atoms. The molecular weight excluding hydrogens is 204 g/mol. The van der Waals surface area contributed by atoms with Crippen molar-refractivity contribution in [3.63, 3.8) is 0 Å². The van der Waals surface area contributed by atoms with Gasteiger partial charge in [-0.05, 0) is 6.42 Å². The summed E-state index contributed by atoms with van der Waals surface area (Å²) in [6.07, 6.45) is 4.62. The summed E-state index contributed by atoms with van der Waals surface area (Å²) in [7, 11) is -2.05. The first kappa shape index (κ1) is 11.2. The van der Waals surface area contributed by atoms with Gasteiger partial charge in [-0.1, -0.05) is 13.3 Å². The summed E-state index contributed by atoms with van der Waals surface area (Å²) in [4.78, 5) is 3.72. The molecule has 1 aromatic heterocycles.